The molecule has 1 aliphatic carbocycles. The molecule has 0 spiro atoms. The lowest BCUT2D eigenvalue weighted by molar-refractivity contribution is 0.229. The van der Waals surface area contributed by atoms with E-state index in [2.05, 4.69) is 92.0 Å². The van der Waals surface area contributed by atoms with Crippen molar-refractivity contribution in [3.63, 3.8) is 0 Å². The molecule has 2 N–H and O–H groups in total. The summed E-state index contributed by atoms with van der Waals surface area (Å²) in [7, 11) is 0. The summed E-state index contributed by atoms with van der Waals surface area (Å²) < 4.78 is 0. The lowest BCUT2D eigenvalue weighted by Gasteiger charge is -2.22. The average Bonchev–Trinajstić information content (AvgIpc) is 3.38. The van der Waals surface area contributed by atoms with Crippen LogP contribution >= 0.6 is 0 Å². The molecule has 182 valence electrons. The monoisotopic (exact) mass is 482 g/mol. The Labute approximate surface area is 218 Å². The van der Waals surface area contributed by atoms with Crippen molar-refractivity contribution in [1.82, 2.24) is 0 Å². The molecule has 0 aromatic heterocycles. The minimum absolute atomic E-state index is 0.0345. The van der Waals surface area contributed by atoms with Crippen LogP contribution in [0.2, 0.25) is 0 Å². The van der Waals surface area contributed by atoms with Crippen LogP contribution in [0, 0.1) is 0 Å². The number of rotatable bonds is 8. The highest BCUT2D eigenvalue weighted by molar-refractivity contribution is 6.11. The zero-order chi connectivity index (χ0) is 25.8. The van der Waals surface area contributed by atoms with Crippen molar-refractivity contribution in [3.05, 3.63) is 174 Å². The van der Waals surface area contributed by atoms with Crippen LogP contribution < -0.4 is 0 Å². The van der Waals surface area contributed by atoms with Crippen LogP contribution in [-0.2, 0) is 0 Å². The second-order valence-electron chi connectivity index (χ2n) is 9.24. The van der Waals surface area contributed by atoms with E-state index in [0.29, 0.717) is 0 Å². The fourth-order valence-electron chi connectivity index (χ4n) is 5.05. The van der Waals surface area contributed by atoms with Gasteiger partial charge in [0.2, 0.25) is 0 Å². The molecule has 1 aliphatic rings. The number of allylic oxidation sites excluding steroid dienone is 4. The van der Waals surface area contributed by atoms with E-state index in [1.807, 2.05) is 36.4 Å². The first-order valence-corrected chi connectivity index (χ1v) is 12.5. The zero-order valence-electron chi connectivity index (χ0n) is 20.7. The van der Waals surface area contributed by atoms with Crippen LogP contribution in [0.15, 0.2) is 141 Å². The van der Waals surface area contributed by atoms with Gasteiger partial charge >= 0.3 is 0 Å². The van der Waals surface area contributed by atoms with Gasteiger partial charge in [0.05, 0.1) is 12.2 Å². The summed E-state index contributed by atoms with van der Waals surface area (Å²) in [6, 6.07) is 37.3. The van der Waals surface area contributed by atoms with Gasteiger partial charge in [0.15, 0.2) is 0 Å². The topological polar surface area (TPSA) is 40.5 Å². The smallest absolute Gasteiger partial charge is 0.0969 e. The Morgan fingerprint density at radius 3 is 1.57 bits per heavy atom. The SMILES string of the molecule is C=CC(O)c1ccc(C2=CC(c3ccc(C(O)C=C)cc3)=C(c3ccccc3)[C@@H]2c2ccccc2)cc1. The molecule has 2 unspecified atom stereocenters. The Kier molecular flexibility index (Phi) is 7.14. The lowest BCUT2D eigenvalue weighted by Crippen LogP contribution is -2.03. The third-order valence-corrected chi connectivity index (χ3v) is 7.00. The summed E-state index contributed by atoms with van der Waals surface area (Å²) in [6.45, 7) is 7.42. The number of benzene rings is 4. The standard InChI is InChI=1S/C35H30O2/c1-3-32(36)26-19-15-24(16-20-26)30-23-31(25-17-21-27(22-18-25)33(37)4-2)35(29-13-9-6-10-14-29)34(30)28-11-7-5-8-12-28/h3-23,32-34,36-37H,1-2H2/t32?,33?,34-/m1/s1. The van der Waals surface area contributed by atoms with E-state index in [1.54, 1.807) is 0 Å². The van der Waals surface area contributed by atoms with Gasteiger partial charge in [-0.3, -0.25) is 0 Å². The predicted molar refractivity (Wildman–Crippen MR) is 154 cm³/mol. The van der Waals surface area contributed by atoms with Gasteiger partial charge in [0.1, 0.15) is 0 Å². The summed E-state index contributed by atoms with van der Waals surface area (Å²) in [5.41, 5.74) is 9.83. The van der Waals surface area contributed by atoms with E-state index in [0.717, 1.165) is 27.8 Å². The molecular formula is C35H30O2. The third kappa shape index (κ3) is 4.90. The number of hydrogen-bond donors (Lipinski definition) is 2. The molecule has 0 amide bonds. The average molecular weight is 483 g/mol. The molecule has 0 heterocycles. The van der Waals surface area contributed by atoms with Gasteiger partial charge in [0.25, 0.3) is 0 Å². The Bertz CT molecular complexity index is 1440. The van der Waals surface area contributed by atoms with Gasteiger partial charge in [-0.1, -0.05) is 121 Å². The van der Waals surface area contributed by atoms with Crippen molar-refractivity contribution in [2.24, 2.45) is 0 Å². The first-order chi connectivity index (χ1) is 18.1. The second kappa shape index (κ2) is 10.8. The third-order valence-electron chi connectivity index (χ3n) is 7.00. The first kappa shape index (κ1) is 24.5. The predicted octanol–water partition coefficient (Wildman–Crippen LogP) is 7.92. The van der Waals surface area contributed by atoms with Crippen molar-refractivity contribution < 1.29 is 10.2 Å². The molecule has 4 aromatic carbocycles. The van der Waals surface area contributed by atoms with Crippen molar-refractivity contribution in [2.75, 3.05) is 0 Å². The second-order valence-corrected chi connectivity index (χ2v) is 9.24. The quantitative estimate of drug-likeness (QED) is 0.250. The summed E-state index contributed by atoms with van der Waals surface area (Å²) in [5.74, 6) is 0.0345. The lowest BCUT2D eigenvalue weighted by atomic mass is 9.81. The van der Waals surface area contributed by atoms with Crippen LogP contribution in [0.4, 0.5) is 0 Å². The minimum atomic E-state index is -0.687. The number of aliphatic hydroxyl groups is 2. The Hall–Kier alpha value is -4.24. The van der Waals surface area contributed by atoms with E-state index in [4.69, 9.17) is 0 Å². The summed E-state index contributed by atoms with van der Waals surface area (Å²) in [5, 5.41) is 20.4. The van der Waals surface area contributed by atoms with E-state index in [-0.39, 0.29) is 5.92 Å². The van der Waals surface area contributed by atoms with Crippen molar-refractivity contribution in [1.29, 1.82) is 0 Å². The molecule has 37 heavy (non-hydrogen) atoms. The molecule has 5 rings (SSSR count). The van der Waals surface area contributed by atoms with Gasteiger partial charge in [-0.25, -0.2) is 0 Å². The van der Waals surface area contributed by atoms with Crippen LogP contribution in [0.1, 0.15) is 51.5 Å². The molecule has 0 fully saturated rings. The Morgan fingerprint density at radius 1 is 0.568 bits per heavy atom. The molecular weight excluding hydrogens is 452 g/mol. The molecule has 0 aliphatic heterocycles. The molecule has 2 nitrogen and oxygen atoms in total. The van der Waals surface area contributed by atoms with Gasteiger partial charge in [-0.05, 0) is 56.2 Å². The van der Waals surface area contributed by atoms with Gasteiger partial charge in [0, 0.05) is 5.92 Å². The molecule has 0 bridgehead atoms. The molecule has 2 heteroatoms. The van der Waals surface area contributed by atoms with E-state index in [9.17, 15) is 10.2 Å². The minimum Gasteiger partial charge on any atom is -0.384 e. The van der Waals surface area contributed by atoms with Crippen LogP contribution in [0.5, 0.6) is 0 Å². The van der Waals surface area contributed by atoms with Crippen molar-refractivity contribution in [2.45, 2.75) is 18.1 Å². The van der Waals surface area contributed by atoms with E-state index in [1.165, 1.54) is 34.4 Å². The highest BCUT2D eigenvalue weighted by atomic mass is 16.3. The van der Waals surface area contributed by atoms with E-state index >= 15 is 0 Å². The highest BCUT2D eigenvalue weighted by Crippen LogP contribution is 2.52. The van der Waals surface area contributed by atoms with Crippen molar-refractivity contribution >= 4 is 16.7 Å². The van der Waals surface area contributed by atoms with Crippen LogP contribution in [-0.4, -0.2) is 10.2 Å². The maximum Gasteiger partial charge on any atom is 0.0969 e. The molecule has 0 saturated carbocycles. The number of hydrogen-bond acceptors (Lipinski definition) is 2. The summed E-state index contributed by atoms with van der Waals surface area (Å²) in [6.07, 6.45) is 3.99. The molecule has 0 radical (unpaired) electrons. The molecule has 4 aromatic rings. The van der Waals surface area contributed by atoms with Crippen molar-refractivity contribution in [3.8, 4) is 0 Å². The molecule has 0 saturated heterocycles. The fraction of sp³-hybridized carbons (Fsp3) is 0.0857. The number of aliphatic hydroxyl groups excluding tert-OH is 2. The van der Waals surface area contributed by atoms with Gasteiger partial charge in [-0.15, -0.1) is 13.2 Å². The van der Waals surface area contributed by atoms with Crippen LogP contribution in [0.3, 0.4) is 0 Å². The summed E-state index contributed by atoms with van der Waals surface area (Å²) in [4.78, 5) is 0. The highest BCUT2D eigenvalue weighted by Gasteiger charge is 2.31. The maximum absolute atomic E-state index is 10.2. The normalized spacial score (nSPS) is 16.7. The van der Waals surface area contributed by atoms with Gasteiger partial charge in [-0.2, -0.15) is 0 Å². The Balaban J connectivity index is 1.70. The largest absolute Gasteiger partial charge is 0.384 e. The zero-order valence-corrected chi connectivity index (χ0v) is 20.7. The fourth-order valence-corrected chi connectivity index (χ4v) is 5.05. The maximum atomic E-state index is 10.2. The van der Waals surface area contributed by atoms with Crippen LogP contribution in [0.25, 0.3) is 16.7 Å². The summed E-state index contributed by atoms with van der Waals surface area (Å²) >= 11 is 0. The molecule has 3 atom stereocenters. The van der Waals surface area contributed by atoms with E-state index < -0.39 is 12.2 Å². The van der Waals surface area contributed by atoms with Gasteiger partial charge < -0.3 is 10.2 Å². The Morgan fingerprint density at radius 2 is 1.05 bits per heavy atom. The first-order valence-electron chi connectivity index (χ1n) is 12.5.